The number of phenolic OH excluding ortho intramolecular Hbond substituents is 1. The lowest BCUT2D eigenvalue weighted by Crippen LogP contribution is -2.22. The average molecular weight is 406 g/mol. The van der Waals surface area contributed by atoms with Gasteiger partial charge in [-0.1, -0.05) is 0 Å². The van der Waals surface area contributed by atoms with Crippen molar-refractivity contribution in [2.75, 3.05) is 7.11 Å². The van der Waals surface area contributed by atoms with Gasteiger partial charge in [-0.25, -0.2) is 4.79 Å². The van der Waals surface area contributed by atoms with Crippen LogP contribution in [0.1, 0.15) is 53.4 Å². The molecule has 0 heterocycles. The minimum Gasteiger partial charge on any atom is -0.504 e. The van der Waals surface area contributed by atoms with E-state index in [4.69, 9.17) is 9.47 Å². The molecule has 0 aliphatic rings. The first-order chi connectivity index (χ1) is 13.5. The van der Waals surface area contributed by atoms with Gasteiger partial charge in [0.25, 0.3) is 0 Å². The number of rotatable bonds is 8. The Labute approximate surface area is 168 Å². The number of methoxy groups -OCH3 is 1. The molecule has 0 fully saturated rings. The minimum absolute atomic E-state index is 0.0456. The van der Waals surface area contributed by atoms with Crippen molar-refractivity contribution in [3.05, 3.63) is 46.5 Å². The normalized spacial score (nSPS) is 12.5. The molecule has 0 amide bonds. The summed E-state index contributed by atoms with van der Waals surface area (Å²) in [5.74, 6) is -1.96. The molecule has 158 valence electrons. The van der Waals surface area contributed by atoms with Crippen LogP contribution in [0, 0.1) is 6.92 Å². The summed E-state index contributed by atoms with van der Waals surface area (Å²) >= 11 is 0. The maximum atomic E-state index is 11.9. The quantitative estimate of drug-likeness (QED) is 0.451. The zero-order valence-electron chi connectivity index (χ0n) is 16.8. The van der Waals surface area contributed by atoms with Crippen molar-refractivity contribution in [3.63, 3.8) is 0 Å². The lowest BCUT2D eigenvalue weighted by molar-refractivity contribution is 0.0171. The number of aliphatic hydroxyl groups excluding tert-OH is 2. The van der Waals surface area contributed by atoms with Crippen molar-refractivity contribution < 1.29 is 39.8 Å². The first kappa shape index (κ1) is 22.5. The Bertz CT molecular complexity index is 899. The summed E-state index contributed by atoms with van der Waals surface area (Å²) in [5, 5.41) is 49.9. The molecule has 29 heavy (non-hydrogen) atoms. The summed E-state index contributed by atoms with van der Waals surface area (Å²) in [6, 6.07) is 5.79. The fourth-order valence-corrected chi connectivity index (χ4v) is 3.11. The predicted octanol–water partition coefficient (Wildman–Crippen LogP) is 2.89. The van der Waals surface area contributed by atoms with Crippen LogP contribution in [0.15, 0.2) is 24.3 Å². The first-order valence-corrected chi connectivity index (χ1v) is 8.94. The molecule has 8 heteroatoms. The predicted molar refractivity (Wildman–Crippen MR) is 105 cm³/mol. The van der Waals surface area contributed by atoms with E-state index in [1.165, 1.54) is 39.2 Å². The number of carboxylic acids is 1. The Balaban J connectivity index is 2.59. The van der Waals surface area contributed by atoms with Gasteiger partial charge in [-0.15, -0.1) is 0 Å². The maximum absolute atomic E-state index is 11.9. The highest BCUT2D eigenvalue weighted by Crippen LogP contribution is 2.42. The smallest absolute Gasteiger partial charge is 0.343 e. The van der Waals surface area contributed by atoms with Crippen LogP contribution in [0.25, 0.3) is 0 Å². The van der Waals surface area contributed by atoms with E-state index in [1.54, 1.807) is 13.0 Å². The number of phenols is 1. The summed E-state index contributed by atoms with van der Waals surface area (Å²) in [7, 11) is 1.26. The van der Waals surface area contributed by atoms with Gasteiger partial charge < -0.3 is 35.0 Å². The maximum Gasteiger partial charge on any atom is 0.343 e. The molecule has 8 nitrogen and oxygen atoms in total. The van der Waals surface area contributed by atoms with Gasteiger partial charge in [0.1, 0.15) is 17.1 Å². The van der Waals surface area contributed by atoms with E-state index < -0.39 is 24.3 Å². The molecule has 0 saturated heterocycles. The van der Waals surface area contributed by atoms with Crippen LogP contribution < -0.4 is 9.47 Å². The van der Waals surface area contributed by atoms with Gasteiger partial charge in [0.2, 0.25) is 0 Å². The van der Waals surface area contributed by atoms with Crippen molar-refractivity contribution in [1.82, 2.24) is 0 Å². The Morgan fingerprint density at radius 2 is 1.86 bits per heavy atom. The summed E-state index contributed by atoms with van der Waals surface area (Å²) in [4.78, 5) is 11.9. The van der Waals surface area contributed by atoms with Crippen molar-refractivity contribution in [1.29, 1.82) is 0 Å². The van der Waals surface area contributed by atoms with Crippen molar-refractivity contribution in [3.8, 4) is 23.0 Å². The van der Waals surface area contributed by atoms with Crippen LogP contribution in [0.2, 0.25) is 0 Å². The third kappa shape index (κ3) is 5.17. The Kier molecular flexibility index (Phi) is 6.73. The third-order valence-electron chi connectivity index (χ3n) is 4.29. The molecule has 0 spiro atoms. The summed E-state index contributed by atoms with van der Waals surface area (Å²) in [6.45, 7) is 4.35. The van der Waals surface area contributed by atoms with Gasteiger partial charge >= 0.3 is 5.97 Å². The SMILES string of the molecule is COc1c([C@@H](O)CC(C)(C)O)ccc(Oc2c(O)cc(C)cc2CO)c1C(=O)O. The number of benzene rings is 2. The topological polar surface area (TPSA) is 137 Å². The Morgan fingerprint density at radius 1 is 1.21 bits per heavy atom. The van der Waals surface area contributed by atoms with Gasteiger partial charge in [0.05, 0.1) is 25.4 Å². The third-order valence-corrected chi connectivity index (χ3v) is 4.29. The monoisotopic (exact) mass is 406 g/mol. The van der Waals surface area contributed by atoms with Crippen LogP contribution in [0.4, 0.5) is 0 Å². The highest BCUT2D eigenvalue weighted by Gasteiger charge is 2.28. The van der Waals surface area contributed by atoms with Crippen LogP contribution in [-0.4, -0.2) is 44.2 Å². The van der Waals surface area contributed by atoms with Gasteiger partial charge in [-0.3, -0.25) is 0 Å². The number of hydrogen-bond donors (Lipinski definition) is 5. The van der Waals surface area contributed by atoms with Gasteiger partial charge in [-0.2, -0.15) is 0 Å². The van der Waals surface area contributed by atoms with Crippen LogP contribution >= 0.6 is 0 Å². The molecular formula is C21H26O8. The fraction of sp³-hybridized carbons (Fsp3) is 0.381. The van der Waals surface area contributed by atoms with E-state index in [2.05, 4.69) is 0 Å². The van der Waals surface area contributed by atoms with Gasteiger partial charge in [0, 0.05) is 17.5 Å². The standard InChI is InChI=1S/C21H26O8/c1-11-7-12(10-22)18(14(23)8-11)29-16-6-5-13(15(24)9-21(2,3)27)19(28-4)17(16)20(25)26/h5-8,15,22-24,27H,9-10H2,1-4H3,(H,25,26)/t15-/m0/s1. The zero-order valence-corrected chi connectivity index (χ0v) is 16.8. The number of aryl methyl sites for hydroxylation is 1. The van der Waals surface area contributed by atoms with Crippen LogP contribution in [-0.2, 0) is 6.61 Å². The lowest BCUT2D eigenvalue weighted by atomic mass is 9.94. The van der Waals surface area contributed by atoms with Crippen LogP contribution in [0.5, 0.6) is 23.0 Å². The minimum atomic E-state index is -1.37. The molecule has 0 saturated carbocycles. The van der Waals surface area contributed by atoms with Crippen molar-refractivity contribution in [2.24, 2.45) is 0 Å². The number of hydrogen-bond acceptors (Lipinski definition) is 7. The van der Waals surface area contributed by atoms with E-state index in [9.17, 15) is 30.3 Å². The number of carbonyl (C=O) groups is 1. The second-order valence-electron chi connectivity index (χ2n) is 7.43. The van der Waals surface area contributed by atoms with Gasteiger partial charge in [0.15, 0.2) is 11.5 Å². The first-order valence-electron chi connectivity index (χ1n) is 8.94. The van der Waals surface area contributed by atoms with E-state index >= 15 is 0 Å². The highest BCUT2D eigenvalue weighted by atomic mass is 16.5. The molecule has 0 unspecified atom stereocenters. The molecule has 0 aliphatic heterocycles. The summed E-state index contributed by atoms with van der Waals surface area (Å²) in [6.07, 6.45) is -1.23. The molecule has 2 aromatic rings. The summed E-state index contributed by atoms with van der Waals surface area (Å²) in [5.41, 5.74) is -0.394. The molecular weight excluding hydrogens is 380 g/mol. The number of aromatic hydroxyl groups is 1. The lowest BCUT2D eigenvalue weighted by Gasteiger charge is -2.24. The Hall–Kier alpha value is -2.81. The zero-order chi connectivity index (χ0) is 21.9. The largest absolute Gasteiger partial charge is 0.504 e. The fourth-order valence-electron chi connectivity index (χ4n) is 3.11. The van der Waals surface area contributed by atoms with E-state index in [0.29, 0.717) is 5.56 Å². The number of aromatic carboxylic acids is 1. The molecule has 0 aromatic heterocycles. The van der Waals surface area contributed by atoms with E-state index in [-0.39, 0.29) is 46.1 Å². The molecule has 2 rings (SSSR count). The number of carboxylic acid groups (broad SMARTS) is 1. The molecule has 5 N–H and O–H groups in total. The van der Waals surface area contributed by atoms with Crippen molar-refractivity contribution in [2.45, 2.75) is 45.5 Å². The molecule has 0 bridgehead atoms. The van der Waals surface area contributed by atoms with E-state index in [1.807, 2.05) is 0 Å². The number of ether oxygens (including phenoxy) is 2. The average Bonchev–Trinajstić information content (AvgIpc) is 2.61. The highest BCUT2D eigenvalue weighted by molar-refractivity contribution is 5.95. The van der Waals surface area contributed by atoms with Gasteiger partial charge in [-0.05, 0) is 50.6 Å². The van der Waals surface area contributed by atoms with E-state index in [0.717, 1.165) is 0 Å². The Morgan fingerprint density at radius 3 is 2.38 bits per heavy atom. The second kappa shape index (κ2) is 8.69. The molecule has 0 aliphatic carbocycles. The summed E-state index contributed by atoms with van der Waals surface area (Å²) < 4.78 is 10.9. The molecule has 0 radical (unpaired) electrons. The second-order valence-corrected chi connectivity index (χ2v) is 7.43. The molecule has 1 atom stereocenters. The number of aliphatic hydroxyl groups is 3. The van der Waals surface area contributed by atoms with Crippen molar-refractivity contribution >= 4 is 5.97 Å². The molecule has 2 aromatic carbocycles. The van der Waals surface area contributed by atoms with Crippen LogP contribution in [0.3, 0.4) is 0 Å².